The van der Waals surface area contributed by atoms with E-state index >= 15 is 0 Å². The summed E-state index contributed by atoms with van der Waals surface area (Å²) < 4.78 is 56.7. The Morgan fingerprint density at radius 1 is 1.29 bits per heavy atom. The highest BCUT2D eigenvalue weighted by molar-refractivity contribution is 6.33. The maximum atomic E-state index is 14.2. The molecular weight excluding hydrogens is 418 g/mol. The molecule has 1 N–H and O–H groups in total. The van der Waals surface area contributed by atoms with Crippen molar-refractivity contribution in [2.45, 2.75) is 6.18 Å². The summed E-state index contributed by atoms with van der Waals surface area (Å²) in [5.74, 6) is -2.52. The number of nitro groups is 1. The number of carbonyl (C=O) groups excluding carboxylic acids is 1. The first-order valence-corrected chi connectivity index (χ1v) is 7.51. The molecule has 0 bridgehead atoms. The molecule has 0 unspecified atom stereocenters. The van der Waals surface area contributed by atoms with Gasteiger partial charge in [0.1, 0.15) is 11.5 Å². The lowest BCUT2D eigenvalue weighted by molar-refractivity contribution is -0.482. The average Bonchev–Trinajstić information content (AvgIpc) is 2.54. The number of aromatic nitrogens is 2. The van der Waals surface area contributed by atoms with E-state index in [1.807, 2.05) is 0 Å². The number of nitrogens with one attached hydrogen (secondary N) is 1. The summed E-state index contributed by atoms with van der Waals surface area (Å²) in [5.41, 5.74) is -6.22. The Morgan fingerprint density at radius 3 is 2.46 bits per heavy atom. The Labute approximate surface area is 156 Å². The summed E-state index contributed by atoms with van der Waals surface area (Å²) in [6.07, 6.45) is -5.03. The van der Waals surface area contributed by atoms with Gasteiger partial charge in [0, 0.05) is 11.0 Å². The molecule has 0 radical (unpaired) electrons. The minimum absolute atomic E-state index is 0.0225. The number of H-pyrrole nitrogens is 1. The molecule has 0 aliphatic carbocycles. The van der Waals surface area contributed by atoms with Crippen molar-refractivity contribution < 1.29 is 32.0 Å². The van der Waals surface area contributed by atoms with Crippen LogP contribution in [0.3, 0.4) is 0 Å². The molecule has 0 saturated heterocycles. The minimum atomic E-state index is -5.03. The maximum Gasteiger partial charge on any atom is 0.431 e. The number of alkyl halides is 3. The van der Waals surface area contributed by atoms with Crippen LogP contribution in [0.4, 0.5) is 17.6 Å². The zero-order valence-electron chi connectivity index (χ0n) is 13.4. The van der Waals surface area contributed by atoms with Crippen molar-refractivity contribution in [3.63, 3.8) is 0 Å². The zero-order valence-corrected chi connectivity index (χ0v) is 14.1. The second-order valence-corrected chi connectivity index (χ2v) is 5.54. The van der Waals surface area contributed by atoms with Crippen molar-refractivity contribution in [2.75, 3.05) is 13.2 Å². The van der Waals surface area contributed by atoms with Gasteiger partial charge in [0.15, 0.2) is 6.61 Å². The first-order chi connectivity index (χ1) is 12.9. The van der Waals surface area contributed by atoms with Gasteiger partial charge in [-0.05, 0) is 12.1 Å². The van der Waals surface area contributed by atoms with E-state index in [0.29, 0.717) is 12.1 Å². The molecule has 1 aromatic carbocycles. The van der Waals surface area contributed by atoms with Crippen molar-refractivity contribution in [1.82, 2.24) is 9.55 Å². The van der Waals surface area contributed by atoms with Crippen LogP contribution >= 0.6 is 11.6 Å². The van der Waals surface area contributed by atoms with E-state index in [9.17, 15) is 42.1 Å². The number of ether oxygens (including phenoxy) is 1. The third-order valence-corrected chi connectivity index (χ3v) is 3.56. The lowest BCUT2D eigenvalue weighted by Crippen LogP contribution is -2.36. The molecule has 9 nitrogen and oxygen atoms in total. The van der Waals surface area contributed by atoms with Crippen molar-refractivity contribution in [1.29, 1.82) is 0 Å². The number of halogens is 5. The Kier molecular flexibility index (Phi) is 5.87. The third-order valence-electron chi connectivity index (χ3n) is 3.24. The number of aromatic amines is 1. The number of esters is 1. The van der Waals surface area contributed by atoms with E-state index < -0.39 is 69.3 Å². The quantitative estimate of drug-likeness (QED) is 0.337. The fourth-order valence-electron chi connectivity index (χ4n) is 2.03. The van der Waals surface area contributed by atoms with Gasteiger partial charge in [-0.3, -0.25) is 14.9 Å². The lowest BCUT2D eigenvalue weighted by Gasteiger charge is -2.11. The van der Waals surface area contributed by atoms with Gasteiger partial charge in [-0.1, -0.05) is 11.6 Å². The van der Waals surface area contributed by atoms with Gasteiger partial charge in [0.05, 0.1) is 16.3 Å². The fraction of sp³-hybridized carbons (Fsp3) is 0.214. The van der Waals surface area contributed by atoms with Gasteiger partial charge < -0.3 is 9.72 Å². The largest absolute Gasteiger partial charge is 0.455 e. The standard InChI is InChI=1S/C14H8ClF4N3O6/c15-7-4-8(16)9(3-6(7)12(24)28-2-1-21(26)27)22-11(23)5-10(14(17,18)19)20-13(22)25/h3-5H,1-2H2,(H,20,25). The van der Waals surface area contributed by atoms with Crippen molar-refractivity contribution in [2.24, 2.45) is 0 Å². The molecule has 0 aliphatic rings. The van der Waals surface area contributed by atoms with Crippen LogP contribution in [0.5, 0.6) is 0 Å². The van der Waals surface area contributed by atoms with Crippen molar-refractivity contribution >= 4 is 17.6 Å². The summed E-state index contributed by atoms with van der Waals surface area (Å²) in [6.45, 7) is -1.37. The van der Waals surface area contributed by atoms with Gasteiger partial charge in [-0.2, -0.15) is 13.2 Å². The van der Waals surface area contributed by atoms with Crippen molar-refractivity contribution in [3.05, 3.63) is 71.2 Å². The van der Waals surface area contributed by atoms with Gasteiger partial charge >= 0.3 is 17.8 Å². The first kappa shape index (κ1) is 21.1. The molecule has 150 valence electrons. The molecule has 14 heteroatoms. The highest BCUT2D eigenvalue weighted by atomic mass is 35.5. The summed E-state index contributed by atoms with van der Waals surface area (Å²) in [4.78, 5) is 46.6. The summed E-state index contributed by atoms with van der Waals surface area (Å²) >= 11 is 5.69. The number of rotatable bonds is 5. The first-order valence-electron chi connectivity index (χ1n) is 7.13. The summed E-state index contributed by atoms with van der Waals surface area (Å²) in [5, 5.41) is 9.71. The van der Waals surface area contributed by atoms with Gasteiger partial charge in [-0.25, -0.2) is 18.5 Å². The van der Waals surface area contributed by atoms with Crippen LogP contribution in [-0.2, 0) is 10.9 Å². The second kappa shape index (κ2) is 7.80. The Balaban J connectivity index is 2.53. The highest BCUT2D eigenvalue weighted by Crippen LogP contribution is 2.26. The molecule has 0 amide bonds. The second-order valence-electron chi connectivity index (χ2n) is 5.14. The molecule has 1 aromatic heterocycles. The van der Waals surface area contributed by atoms with E-state index in [4.69, 9.17) is 11.6 Å². The van der Waals surface area contributed by atoms with Crippen molar-refractivity contribution in [3.8, 4) is 5.69 Å². The van der Waals surface area contributed by atoms with Gasteiger partial charge in [-0.15, -0.1) is 0 Å². The topological polar surface area (TPSA) is 124 Å². The number of carbonyl (C=O) groups is 1. The number of benzene rings is 1. The zero-order chi connectivity index (χ0) is 21.2. The fourth-order valence-corrected chi connectivity index (χ4v) is 2.26. The number of hydrogen-bond donors (Lipinski definition) is 1. The minimum Gasteiger partial charge on any atom is -0.455 e. The lowest BCUT2D eigenvalue weighted by atomic mass is 10.2. The Hall–Kier alpha value is -3.22. The van der Waals surface area contributed by atoms with Crippen LogP contribution in [0.15, 0.2) is 27.8 Å². The molecule has 28 heavy (non-hydrogen) atoms. The van der Waals surface area contributed by atoms with Crippen LogP contribution in [0.1, 0.15) is 16.1 Å². The smallest absolute Gasteiger partial charge is 0.431 e. The van der Waals surface area contributed by atoms with Crippen LogP contribution < -0.4 is 11.2 Å². The van der Waals surface area contributed by atoms with Gasteiger partial charge in [0.25, 0.3) is 5.56 Å². The van der Waals surface area contributed by atoms with Crippen LogP contribution in [0.25, 0.3) is 5.69 Å². The molecule has 2 aromatic rings. The molecule has 0 saturated carbocycles. The Morgan fingerprint density at radius 2 is 1.93 bits per heavy atom. The van der Waals surface area contributed by atoms with E-state index in [1.165, 1.54) is 4.98 Å². The Bertz CT molecular complexity index is 1030. The highest BCUT2D eigenvalue weighted by Gasteiger charge is 2.33. The molecule has 2 rings (SSSR count). The average molecular weight is 426 g/mol. The predicted octanol–water partition coefficient (Wildman–Crippen LogP) is 1.77. The van der Waals surface area contributed by atoms with E-state index in [0.717, 1.165) is 0 Å². The van der Waals surface area contributed by atoms with Crippen LogP contribution in [0.2, 0.25) is 5.02 Å². The molecule has 0 spiro atoms. The summed E-state index contributed by atoms with van der Waals surface area (Å²) in [7, 11) is 0. The molecular formula is C14H8ClF4N3O6. The predicted molar refractivity (Wildman–Crippen MR) is 84.8 cm³/mol. The van der Waals surface area contributed by atoms with E-state index in [1.54, 1.807) is 0 Å². The number of nitrogens with zero attached hydrogens (tertiary/aromatic N) is 2. The molecule has 0 aliphatic heterocycles. The molecule has 0 atom stereocenters. The monoisotopic (exact) mass is 425 g/mol. The van der Waals surface area contributed by atoms with Crippen LogP contribution in [0, 0.1) is 15.9 Å². The van der Waals surface area contributed by atoms with E-state index in [-0.39, 0.29) is 10.6 Å². The van der Waals surface area contributed by atoms with Gasteiger partial charge in [0.2, 0.25) is 6.54 Å². The molecule has 1 heterocycles. The summed E-state index contributed by atoms with van der Waals surface area (Å²) in [6, 6.07) is 1.17. The molecule has 0 fully saturated rings. The van der Waals surface area contributed by atoms with E-state index in [2.05, 4.69) is 4.74 Å². The number of hydrogen-bond acceptors (Lipinski definition) is 6. The maximum absolute atomic E-state index is 14.2. The van der Waals surface area contributed by atoms with Crippen LogP contribution in [-0.4, -0.2) is 33.6 Å². The third kappa shape index (κ3) is 4.54. The normalized spacial score (nSPS) is 11.3. The SMILES string of the molecule is O=C(OCC[N+](=O)[O-])c1cc(-n2c(=O)cc(C(F)(F)F)[nH]c2=O)c(F)cc1Cl.